The first-order chi connectivity index (χ1) is 8.88. The number of hydrogen-bond acceptors (Lipinski definition) is 3. The van der Waals surface area contributed by atoms with E-state index in [9.17, 15) is 13.2 Å². The predicted octanol–water partition coefficient (Wildman–Crippen LogP) is 1.70. The van der Waals surface area contributed by atoms with Crippen LogP contribution in [0.5, 0.6) is 0 Å². The highest BCUT2D eigenvalue weighted by molar-refractivity contribution is 7.89. The summed E-state index contributed by atoms with van der Waals surface area (Å²) in [4.78, 5) is 10.8. The van der Waals surface area contributed by atoms with Crippen molar-refractivity contribution in [3.8, 4) is 11.1 Å². The summed E-state index contributed by atoms with van der Waals surface area (Å²) in [5.41, 5.74) is 1.55. The Bertz CT molecular complexity index is 721. The van der Waals surface area contributed by atoms with Gasteiger partial charge in [0.1, 0.15) is 0 Å². The first-order valence-corrected chi connectivity index (χ1v) is 6.89. The highest BCUT2D eigenvalue weighted by Gasteiger charge is 2.09. The van der Waals surface area contributed by atoms with Gasteiger partial charge in [-0.2, -0.15) is 0 Å². The summed E-state index contributed by atoms with van der Waals surface area (Å²) in [5, 5.41) is 13.9. The third-order valence-corrected chi connectivity index (χ3v) is 3.54. The van der Waals surface area contributed by atoms with Crippen LogP contribution in [0.1, 0.15) is 10.4 Å². The molecule has 0 spiro atoms. The Labute approximate surface area is 110 Å². The number of sulfonamides is 1. The normalized spacial score (nSPS) is 11.2. The maximum Gasteiger partial charge on any atom is 0.335 e. The molecule has 0 aliphatic heterocycles. The number of carboxylic acid groups (broad SMARTS) is 1. The fraction of sp³-hybridized carbons (Fsp3) is 0. The second-order valence-electron chi connectivity index (χ2n) is 3.96. The van der Waals surface area contributed by atoms with Crippen LogP contribution in [-0.2, 0) is 10.0 Å². The number of carboxylic acids is 1. The monoisotopic (exact) mass is 277 g/mol. The Kier molecular flexibility index (Phi) is 3.37. The molecule has 0 saturated heterocycles. The van der Waals surface area contributed by atoms with E-state index in [0.29, 0.717) is 5.56 Å². The highest BCUT2D eigenvalue weighted by atomic mass is 32.2. The van der Waals surface area contributed by atoms with Crippen LogP contribution >= 0.6 is 0 Å². The fourth-order valence-corrected chi connectivity index (χ4v) is 2.22. The Hall–Kier alpha value is -2.18. The molecular weight excluding hydrogens is 266 g/mol. The van der Waals surface area contributed by atoms with Crippen molar-refractivity contribution >= 4 is 16.0 Å². The number of benzene rings is 2. The summed E-state index contributed by atoms with van der Waals surface area (Å²) < 4.78 is 22.5. The van der Waals surface area contributed by atoms with Crippen LogP contribution in [0.3, 0.4) is 0 Å². The minimum absolute atomic E-state index is 0.0207. The molecule has 6 heteroatoms. The minimum atomic E-state index is -3.75. The molecule has 2 aromatic rings. The van der Waals surface area contributed by atoms with Crippen LogP contribution in [0, 0.1) is 0 Å². The number of aromatic carboxylic acids is 1. The summed E-state index contributed by atoms with van der Waals surface area (Å²) in [5.74, 6) is -1.01. The summed E-state index contributed by atoms with van der Waals surface area (Å²) in [7, 11) is -3.75. The van der Waals surface area contributed by atoms with Crippen molar-refractivity contribution in [2.75, 3.05) is 0 Å². The predicted molar refractivity (Wildman–Crippen MR) is 70.2 cm³/mol. The van der Waals surface area contributed by atoms with E-state index >= 15 is 0 Å². The number of rotatable bonds is 3. The van der Waals surface area contributed by atoms with Crippen molar-refractivity contribution in [2.24, 2.45) is 5.14 Å². The summed E-state index contributed by atoms with van der Waals surface area (Å²) >= 11 is 0. The molecule has 0 aromatic heterocycles. The standard InChI is InChI=1S/C13H11NO4S/c14-19(17,18)12-3-1-2-11(8-12)9-4-6-10(7-5-9)13(15)16/h1-8H,(H,15,16)(H2,14,17,18). The van der Waals surface area contributed by atoms with E-state index in [1.165, 1.54) is 24.3 Å². The van der Waals surface area contributed by atoms with E-state index in [2.05, 4.69) is 0 Å². The molecule has 2 aromatic carbocycles. The van der Waals surface area contributed by atoms with Gasteiger partial charge in [-0.25, -0.2) is 18.4 Å². The molecule has 0 heterocycles. The second-order valence-corrected chi connectivity index (χ2v) is 5.52. The fourth-order valence-electron chi connectivity index (χ4n) is 1.66. The first kappa shape index (κ1) is 13.3. The summed E-state index contributed by atoms with van der Waals surface area (Å²) in [6, 6.07) is 12.3. The van der Waals surface area contributed by atoms with E-state index in [-0.39, 0.29) is 10.5 Å². The van der Waals surface area contributed by atoms with Gasteiger partial charge in [-0.05, 0) is 35.4 Å². The van der Waals surface area contributed by atoms with Gasteiger partial charge in [-0.15, -0.1) is 0 Å². The lowest BCUT2D eigenvalue weighted by Gasteiger charge is -2.04. The van der Waals surface area contributed by atoms with E-state index in [1.54, 1.807) is 24.3 Å². The van der Waals surface area contributed by atoms with Crippen LogP contribution in [0.4, 0.5) is 0 Å². The lowest BCUT2D eigenvalue weighted by atomic mass is 10.0. The molecule has 3 N–H and O–H groups in total. The second kappa shape index (κ2) is 4.83. The van der Waals surface area contributed by atoms with Crippen LogP contribution < -0.4 is 5.14 Å². The first-order valence-electron chi connectivity index (χ1n) is 5.34. The molecule has 0 aliphatic rings. The molecular formula is C13H11NO4S. The minimum Gasteiger partial charge on any atom is -0.478 e. The smallest absolute Gasteiger partial charge is 0.335 e. The Balaban J connectivity index is 2.45. The topological polar surface area (TPSA) is 97.5 Å². The van der Waals surface area contributed by atoms with Crippen molar-refractivity contribution in [1.29, 1.82) is 0 Å². The van der Waals surface area contributed by atoms with Crippen molar-refractivity contribution in [3.63, 3.8) is 0 Å². The van der Waals surface area contributed by atoms with Gasteiger partial charge in [0.2, 0.25) is 10.0 Å². The molecule has 0 bridgehead atoms. The average molecular weight is 277 g/mol. The maximum atomic E-state index is 11.3. The van der Waals surface area contributed by atoms with Crippen molar-refractivity contribution in [3.05, 3.63) is 54.1 Å². The van der Waals surface area contributed by atoms with Crippen molar-refractivity contribution in [1.82, 2.24) is 0 Å². The SMILES string of the molecule is NS(=O)(=O)c1cccc(-c2ccc(C(=O)O)cc2)c1. The number of hydrogen-bond donors (Lipinski definition) is 2. The molecule has 0 unspecified atom stereocenters. The van der Waals surface area contributed by atoms with Crippen LogP contribution in [0.25, 0.3) is 11.1 Å². The van der Waals surface area contributed by atoms with Gasteiger partial charge in [0.05, 0.1) is 10.5 Å². The molecule has 98 valence electrons. The van der Waals surface area contributed by atoms with Crippen LogP contribution in [0.15, 0.2) is 53.4 Å². The number of carbonyl (C=O) groups is 1. The van der Waals surface area contributed by atoms with Gasteiger partial charge in [-0.3, -0.25) is 0 Å². The molecule has 2 rings (SSSR count). The Morgan fingerprint density at radius 1 is 1.00 bits per heavy atom. The molecule has 0 amide bonds. The third kappa shape index (κ3) is 2.98. The zero-order valence-corrected chi connectivity index (χ0v) is 10.6. The van der Waals surface area contributed by atoms with E-state index in [1.807, 2.05) is 0 Å². The Morgan fingerprint density at radius 3 is 2.16 bits per heavy atom. The summed E-state index contributed by atoms with van der Waals surface area (Å²) in [6.07, 6.45) is 0. The van der Waals surface area contributed by atoms with Gasteiger partial charge in [0, 0.05) is 0 Å². The molecule has 5 nitrogen and oxygen atoms in total. The van der Waals surface area contributed by atoms with E-state index in [0.717, 1.165) is 5.56 Å². The van der Waals surface area contributed by atoms with Gasteiger partial charge >= 0.3 is 5.97 Å². The van der Waals surface area contributed by atoms with Crippen LogP contribution in [0.2, 0.25) is 0 Å². The van der Waals surface area contributed by atoms with Crippen molar-refractivity contribution < 1.29 is 18.3 Å². The zero-order chi connectivity index (χ0) is 14.0. The third-order valence-electron chi connectivity index (χ3n) is 2.63. The van der Waals surface area contributed by atoms with E-state index in [4.69, 9.17) is 10.2 Å². The largest absolute Gasteiger partial charge is 0.478 e. The lowest BCUT2D eigenvalue weighted by Crippen LogP contribution is -2.11. The molecule has 0 radical (unpaired) electrons. The summed E-state index contributed by atoms with van der Waals surface area (Å²) in [6.45, 7) is 0. The highest BCUT2D eigenvalue weighted by Crippen LogP contribution is 2.22. The van der Waals surface area contributed by atoms with Crippen molar-refractivity contribution in [2.45, 2.75) is 4.90 Å². The van der Waals surface area contributed by atoms with Gasteiger partial charge in [-0.1, -0.05) is 24.3 Å². The van der Waals surface area contributed by atoms with E-state index < -0.39 is 16.0 Å². The van der Waals surface area contributed by atoms with Gasteiger partial charge < -0.3 is 5.11 Å². The Morgan fingerprint density at radius 2 is 1.63 bits per heavy atom. The molecule has 0 saturated carbocycles. The number of primary sulfonamides is 1. The molecule has 0 fully saturated rings. The van der Waals surface area contributed by atoms with Gasteiger partial charge in [0.25, 0.3) is 0 Å². The molecule has 0 atom stereocenters. The molecule has 0 aliphatic carbocycles. The quantitative estimate of drug-likeness (QED) is 0.892. The zero-order valence-electron chi connectivity index (χ0n) is 9.78. The number of nitrogens with two attached hydrogens (primary N) is 1. The lowest BCUT2D eigenvalue weighted by molar-refractivity contribution is 0.0697. The maximum absolute atomic E-state index is 11.3. The molecule has 19 heavy (non-hydrogen) atoms. The van der Waals surface area contributed by atoms with Crippen LogP contribution in [-0.4, -0.2) is 19.5 Å². The van der Waals surface area contributed by atoms with Gasteiger partial charge in [0.15, 0.2) is 0 Å². The average Bonchev–Trinajstić information content (AvgIpc) is 2.38.